The van der Waals surface area contributed by atoms with Crippen LogP contribution in [0.4, 0.5) is 18.9 Å². The molecule has 0 spiro atoms. The average molecular weight is 466 g/mol. The molecule has 1 aromatic rings. The maximum absolute atomic E-state index is 12.2. The Morgan fingerprint density at radius 2 is 1.61 bits per heavy atom. The van der Waals surface area contributed by atoms with E-state index >= 15 is 0 Å². The summed E-state index contributed by atoms with van der Waals surface area (Å²) in [6, 6.07) is 4.85. The molecule has 13 heteroatoms. The quantitative estimate of drug-likeness (QED) is 0.513. The molecule has 1 aliphatic heterocycles. The smallest absolute Gasteiger partial charge is 0.406 e. The van der Waals surface area contributed by atoms with E-state index in [1.165, 1.54) is 12.1 Å². The lowest BCUT2D eigenvalue weighted by molar-refractivity contribution is -0.274. The summed E-state index contributed by atoms with van der Waals surface area (Å²) in [5.41, 5.74) is 5.32. The number of nitrogens with zero attached hydrogens (tertiary/aromatic N) is 2. The normalized spacial score (nSPS) is 16.1. The third-order valence-corrected chi connectivity index (χ3v) is 6.21. The van der Waals surface area contributed by atoms with Gasteiger partial charge in [-0.1, -0.05) is 0 Å². The first kappa shape index (κ1) is 24.9. The van der Waals surface area contributed by atoms with Gasteiger partial charge in [-0.05, 0) is 24.3 Å². The minimum atomic E-state index is -4.78. The molecule has 3 N–H and O–H groups in total. The van der Waals surface area contributed by atoms with Crippen LogP contribution in [0, 0.1) is 0 Å². The molecule has 0 aliphatic carbocycles. The summed E-state index contributed by atoms with van der Waals surface area (Å²) in [4.78, 5) is 26.7. The summed E-state index contributed by atoms with van der Waals surface area (Å²) in [5.74, 6) is -1.66. The molecule has 0 aromatic heterocycles. The van der Waals surface area contributed by atoms with Gasteiger partial charge in [0.1, 0.15) is 5.75 Å². The SMILES string of the molecule is NC(=O)CCS(=O)(=O)CCN1CCN(CC(=O)Nc2ccc(OC(F)(F)F)cc2)CC1. The molecule has 2 amide bonds. The molecule has 1 heterocycles. The number of nitrogens with one attached hydrogen (secondary N) is 1. The van der Waals surface area contributed by atoms with Crippen molar-refractivity contribution in [3.8, 4) is 5.75 Å². The summed E-state index contributed by atoms with van der Waals surface area (Å²) in [6.45, 7) is 2.74. The zero-order valence-corrected chi connectivity index (χ0v) is 17.5. The summed E-state index contributed by atoms with van der Waals surface area (Å²) in [7, 11) is -3.35. The van der Waals surface area contributed by atoms with E-state index in [1.807, 2.05) is 9.80 Å². The topological polar surface area (TPSA) is 122 Å². The maximum Gasteiger partial charge on any atom is 0.573 e. The van der Waals surface area contributed by atoms with E-state index in [1.54, 1.807) is 0 Å². The Balaban J connectivity index is 1.70. The molecule has 1 aliphatic rings. The first-order valence-electron chi connectivity index (χ1n) is 9.51. The van der Waals surface area contributed by atoms with Gasteiger partial charge in [-0.2, -0.15) is 0 Å². The molecular weight excluding hydrogens is 441 g/mol. The lowest BCUT2D eigenvalue weighted by Crippen LogP contribution is -2.49. The lowest BCUT2D eigenvalue weighted by Gasteiger charge is -2.34. The average Bonchev–Trinajstić information content (AvgIpc) is 2.66. The summed E-state index contributed by atoms with van der Waals surface area (Å²) < 4.78 is 64.0. The highest BCUT2D eigenvalue weighted by Crippen LogP contribution is 2.23. The number of ether oxygens (including phenoxy) is 1. The number of sulfone groups is 1. The van der Waals surface area contributed by atoms with Crippen LogP contribution in [-0.4, -0.2) is 87.2 Å². The fraction of sp³-hybridized carbons (Fsp3) is 0.556. The number of nitrogens with two attached hydrogens (primary N) is 1. The largest absolute Gasteiger partial charge is 0.573 e. The Bertz CT molecular complexity index is 854. The van der Waals surface area contributed by atoms with E-state index in [-0.39, 0.29) is 36.1 Å². The zero-order valence-electron chi connectivity index (χ0n) is 16.7. The van der Waals surface area contributed by atoms with Crippen molar-refractivity contribution >= 4 is 27.3 Å². The molecule has 1 fully saturated rings. The van der Waals surface area contributed by atoms with E-state index in [9.17, 15) is 31.2 Å². The van der Waals surface area contributed by atoms with Crippen LogP contribution >= 0.6 is 0 Å². The predicted octanol–water partition coefficient (Wildman–Crippen LogP) is 0.432. The van der Waals surface area contributed by atoms with Gasteiger partial charge in [0.25, 0.3) is 0 Å². The van der Waals surface area contributed by atoms with Crippen LogP contribution in [0.1, 0.15) is 6.42 Å². The van der Waals surface area contributed by atoms with Gasteiger partial charge in [-0.3, -0.25) is 19.4 Å². The van der Waals surface area contributed by atoms with Crippen LogP contribution < -0.4 is 15.8 Å². The molecule has 1 aromatic carbocycles. The predicted molar refractivity (Wildman–Crippen MR) is 107 cm³/mol. The van der Waals surface area contributed by atoms with Crippen molar-refractivity contribution in [2.45, 2.75) is 12.8 Å². The van der Waals surface area contributed by atoms with Crippen molar-refractivity contribution in [2.24, 2.45) is 5.73 Å². The lowest BCUT2D eigenvalue weighted by atomic mass is 10.3. The molecular formula is C18H25F3N4O5S. The number of amides is 2. The zero-order chi connectivity index (χ0) is 23.1. The number of anilines is 1. The van der Waals surface area contributed by atoms with Crippen LogP contribution in [0.3, 0.4) is 0 Å². The Morgan fingerprint density at radius 1 is 1.03 bits per heavy atom. The van der Waals surface area contributed by atoms with Gasteiger partial charge in [0.2, 0.25) is 11.8 Å². The number of carbonyl (C=O) groups is 2. The van der Waals surface area contributed by atoms with Gasteiger partial charge in [0, 0.05) is 44.8 Å². The first-order valence-corrected chi connectivity index (χ1v) is 11.3. The van der Waals surface area contributed by atoms with E-state index in [4.69, 9.17) is 5.73 Å². The minimum Gasteiger partial charge on any atom is -0.406 e. The molecule has 0 atom stereocenters. The monoisotopic (exact) mass is 466 g/mol. The van der Waals surface area contributed by atoms with E-state index < -0.39 is 22.1 Å². The Labute approximate surface area is 178 Å². The molecule has 2 rings (SSSR count). The Hall–Kier alpha value is -2.38. The van der Waals surface area contributed by atoms with E-state index in [0.29, 0.717) is 38.4 Å². The van der Waals surface area contributed by atoms with Crippen LogP contribution in [0.2, 0.25) is 0 Å². The van der Waals surface area contributed by atoms with Crippen LogP contribution in [0.5, 0.6) is 5.75 Å². The van der Waals surface area contributed by atoms with Gasteiger partial charge in [0.05, 0.1) is 18.1 Å². The fourth-order valence-corrected chi connectivity index (χ4v) is 4.19. The highest BCUT2D eigenvalue weighted by Gasteiger charge is 2.31. The van der Waals surface area contributed by atoms with Crippen molar-refractivity contribution < 1.29 is 35.9 Å². The first-order chi connectivity index (χ1) is 14.4. The fourth-order valence-electron chi connectivity index (χ4n) is 2.94. The van der Waals surface area contributed by atoms with Crippen molar-refractivity contribution in [2.75, 3.05) is 56.1 Å². The van der Waals surface area contributed by atoms with Crippen LogP contribution in [0.15, 0.2) is 24.3 Å². The van der Waals surface area contributed by atoms with Crippen molar-refractivity contribution in [1.82, 2.24) is 9.80 Å². The Morgan fingerprint density at radius 3 is 2.16 bits per heavy atom. The van der Waals surface area contributed by atoms with Crippen molar-refractivity contribution in [3.05, 3.63) is 24.3 Å². The molecule has 0 saturated carbocycles. The second-order valence-corrected chi connectivity index (χ2v) is 9.41. The summed E-state index contributed by atoms with van der Waals surface area (Å²) >= 11 is 0. The molecule has 174 valence electrons. The molecule has 9 nitrogen and oxygen atoms in total. The van der Waals surface area contributed by atoms with Crippen LogP contribution in [-0.2, 0) is 19.4 Å². The second kappa shape index (κ2) is 10.8. The van der Waals surface area contributed by atoms with Gasteiger partial charge in [-0.15, -0.1) is 13.2 Å². The third kappa shape index (κ3) is 9.98. The van der Waals surface area contributed by atoms with Gasteiger partial charge < -0.3 is 15.8 Å². The number of primary amides is 1. The molecule has 31 heavy (non-hydrogen) atoms. The molecule has 0 radical (unpaired) electrons. The molecule has 0 unspecified atom stereocenters. The van der Waals surface area contributed by atoms with Crippen LogP contribution in [0.25, 0.3) is 0 Å². The highest BCUT2D eigenvalue weighted by molar-refractivity contribution is 7.91. The number of carbonyl (C=O) groups excluding carboxylic acids is 2. The number of rotatable bonds is 10. The molecule has 1 saturated heterocycles. The highest BCUT2D eigenvalue weighted by atomic mass is 32.2. The number of alkyl halides is 3. The second-order valence-electron chi connectivity index (χ2n) is 7.11. The third-order valence-electron chi connectivity index (χ3n) is 4.58. The standard InChI is InChI=1S/C18H25F3N4O5S/c19-18(20,21)30-15-3-1-14(2-4-15)23-17(27)13-25-8-6-24(7-9-25)10-12-31(28,29)11-5-16(22)26/h1-4H,5-13H2,(H2,22,26)(H,23,27). The summed E-state index contributed by atoms with van der Waals surface area (Å²) in [6.07, 6.45) is -4.97. The van der Waals surface area contributed by atoms with Gasteiger partial charge in [-0.25, -0.2) is 8.42 Å². The summed E-state index contributed by atoms with van der Waals surface area (Å²) in [5, 5.41) is 2.61. The Kier molecular flexibility index (Phi) is 8.65. The number of piperazine rings is 1. The van der Waals surface area contributed by atoms with E-state index in [0.717, 1.165) is 12.1 Å². The van der Waals surface area contributed by atoms with E-state index in [2.05, 4.69) is 10.1 Å². The number of hydrogen-bond donors (Lipinski definition) is 2. The van der Waals surface area contributed by atoms with Crippen molar-refractivity contribution in [1.29, 1.82) is 0 Å². The van der Waals surface area contributed by atoms with Gasteiger partial charge in [0.15, 0.2) is 9.84 Å². The number of hydrogen-bond acceptors (Lipinski definition) is 7. The number of benzene rings is 1. The molecule has 0 bridgehead atoms. The van der Waals surface area contributed by atoms with Gasteiger partial charge >= 0.3 is 6.36 Å². The maximum atomic E-state index is 12.2. The number of halogens is 3. The minimum absolute atomic E-state index is 0.0607. The van der Waals surface area contributed by atoms with Crippen molar-refractivity contribution in [3.63, 3.8) is 0 Å².